The number of rotatable bonds is 2. The molecule has 3 rings (SSSR count). The van der Waals surface area contributed by atoms with Crippen LogP contribution in [0.3, 0.4) is 0 Å². The Morgan fingerprint density at radius 3 is 2.76 bits per heavy atom. The van der Waals surface area contributed by atoms with Gasteiger partial charge in [0.15, 0.2) is 0 Å². The van der Waals surface area contributed by atoms with E-state index in [1.54, 1.807) is 0 Å². The van der Waals surface area contributed by atoms with Crippen LogP contribution in [0.2, 0.25) is 0 Å². The van der Waals surface area contributed by atoms with Crippen molar-refractivity contribution in [2.24, 2.45) is 5.92 Å². The second-order valence-electron chi connectivity index (χ2n) is 5.72. The van der Waals surface area contributed by atoms with Gasteiger partial charge in [-0.3, -0.25) is 4.79 Å². The number of nitrogens with one attached hydrogen (secondary N) is 1. The van der Waals surface area contributed by atoms with Crippen LogP contribution in [0.4, 0.5) is 0 Å². The van der Waals surface area contributed by atoms with Crippen LogP contribution in [0.15, 0.2) is 24.3 Å². The predicted octanol–water partition coefficient (Wildman–Crippen LogP) is 2.64. The zero-order valence-corrected chi connectivity index (χ0v) is 14.0. The van der Waals surface area contributed by atoms with E-state index in [0.29, 0.717) is 5.91 Å². The van der Waals surface area contributed by atoms with Crippen molar-refractivity contribution in [2.45, 2.75) is 19.4 Å². The summed E-state index contributed by atoms with van der Waals surface area (Å²) in [7, 11) is 0. The van der Waals surface area contributed by atoms with Crippen LogP contribution in [0, 0.1) is 12.8 Å². The molecular weight excluding hydrogens is 304 g/mol. The highest BCUT2D eigenvalue weighted by Crippen LogP contribution is 2.31. The van der Waals surface area contributed by atoms with E-state index in [0.717, 1.165) is 37.6 Å². The van der Waals surface area contributed by atoms with Gasteiger partial charge in [-0.2, -0.15) is 11.8 Å². The Labute approximate surface area is 137 Å². The molecule has 1 amide bonds. The van der Waals surface area contributed by atoms with Crippen LogP contribution < -0.4 is 5.32 Å². The molecule has 0 bridgehead atoms. The van der Waals surface area contributed by atoms with Crippen LogP contribution >= 0.6 is 24.2 Å². The molecule has 2 unspecified atom stereocenters. The molecule has 21 heavy (non-hydrogen) atoms. The van der Waals surface area contributed by atoms with Gasteiger partial charge in [-0.05, 0) is 25.5 Å². The van der Waals surface area contributed by atoms with Gasteiger partial charge >= 0.3 is 0 Å². The predicted molar refractivity (Wildman–Crippen MR) is 91.2 cm³/mol. The monoisotopic (exact) mass is 326 g/mol. The van der Waals surface area contributed by atoms with Gasteiger partial charge in [-0.25, -0.2) is 0 Å². The molecule has 0 spiro atoms. The van der Waals surface area contributed by atoms with Crippen LogP contribution in [0.5, 0.6) is 0 Å². The van der Waals surface area contributed by atoms with Crippen molar-refractivity contribution in [1.82, 2.24) is 10.2 Å². The Morgan fingerprint density at radius 1 is 1.33 bits per heavy atom. The maximum Gasteiger partial charge on any atom is 0.227 e. The van der Waals surface area contributed by atoms with Gasteiger partial charge in [0.2, 0.25) is 5.91 Å². The number of carbonyl (C=O) groups excluding carboxylic acids is 1. The lowest BCUT2D eigenvalue weighted by Crippen LogP contribution is -2.44. The molecule has 2 heterocycles. The van der Waals surface area contributed by atoms with Gasteiger partial charge in [0.05, 0.1) is 12.0 Å². The average Bonchev–Trinajstić information content (AvgIpc) is 3.02. The smallest absolute Gasteiger partial charge is 0.227 e. The fourth-order valence-electron chi connectivity index (χ4n) is 3.03. The minimum atomic E-state index is 0. The molecule has 0 aromatic heterocycles. The largest absolute Gasteiger partial charge is 0.334 e. The molecule has 0 radical (unpaired) electrons. The molecule has 0 aliphatic carbocycles. The van der Waals surface area contributed by atoms with E-state index < -0.39 is 0 Å². The van der Waals surface area contributed by atoms with E-state index >= 15 is 0 Å². The summed E-state index contributed by atoms with van der Waals surface area (Å²) in [5.74, 6) is 2.62. The lowest BCUT2D eigenvalue weighted by Gasteiger charge is -2.37. The average molecular weight is 327 g/mol. The highest BCUT2D eigenvalue weighted by Gasteiger charge is 2.33. The first-order valence-corrected chi connectivity index (χ1v) is 8.56. The van der Waals surface area contributed by atoms with Gasteiger partial charge in [0.1, 0.15) is 0 Å². The highest BCUT2D eigenvalue weighted by molar-refractivity contribution is 7.99. The molecule has 2 saturated heterocycles. The number of nitrogens with zero attached hydrogens (tertiary/aromatic N) is 1. The van der Waals surface area contributed by atoms with E-state index in [-0.39, 0.29) is 24.4 Å². The molecule has 2 atom stereocenters. The number of benzene rings is 1. The number of hydrogen-bond acceptors (Lipinski definition) is 3. The molecule has 5 heteroatoms. The van der Waals surface area contributed by atoms with Crippen LogP contribution in [-0.4, -0.2) is 41.9 Å². The van der Waals surface area contributed by atoms with Crippen LogP contribution in [-0.2, 0) is 4.79 Å². The van der Waals surface area contributed by atoms with Gasteiger partial charge < -0.3 is 10.2 Å². The van der Waals surface area contributed by atoms with Crippen LogP contribution in [0.1, 0.15) is 23.6 Å². The molecule has 116 valence electrons. The molecule has 1 aromatic rings. The summed E-state index contributed by atoms with van der Waals surface area (Å²) >= 11 is 1.96. The van der Waals surface area contributed by atoms with Crippen molar-refractivity contribution < 1.29 is 4.79 Å². The maximum atomic E-state index is 12.7. The van der Waals surface area contributed by atoms with Gasteiger partial charge in [-0.1, -0.05) is 29.8 Å². The van der Waals surface area contributed by atoms with Gasteiger partial charge in [0.25, 0.3) is 0 Å². The number of amides is 1. The summed E-state index contributed by atoms with van der Waals surface area (Å²) in [6.45, 7) is 4.82. The lowest BCUT2D eigenvalue weighted by molar-refractivity contribution is -0.136. The summed E-state index contributed by atoms with van der Waals surface area (Å²) in [6, 6.07) is 8.91. The maximum absolute atomic E-state index is 12.7. The Morgan fingerprint density at radius 2 is 2.10 bits per heavy atom. The standard InChI is InChI=1S/C16H22N2OS.ClH/c1-12-2-4-13(5-3-12)15-11-20-9-8-18(15)16(19)14-6-7-17-10-14;/h2-5,14-15,17H,6-11H2,1H3;1H. The van der Waals surface area contributed by atoms with Crippen LogP contribution in [0.25, 0.3) is 0 Å². The Bertz CT molecular complexity index is 474. The first-order valence-electron chi connectivity index (χ1n) is 7.41. The minimum Gasteiger partial charge on any atom is -0.334 e. The summed E-state index contributed by atoms with van der Waals surface area (Å²) in [4.78, 5) is 14.9. The minimum absolute atomic E-state index is 0. The van der Waals surface area contributed by atoms with E-state index in [9.17, 15) is 4.79 Å². The molecule has 1 N–H and O–H groups in total. The number of halogens is 1. The molecule has 2 aliphatic heterocycles. The van der Waals surface area contributed by atoms with E-state index in [2.05, 4.69) is 41.4 Å². The number of carbonyl (C=O) groups is 1. The first kappa shape index (κ1) is 16.7. The van der Waals surface area contributed by atoms with Crippen molar-refractivity contribution in [3.63, 3.8) is 0 Å². The summed E-state index contributed by atoms with van der Waals surface area (Å²) in [5.41, 5.74) is 2.55. The molecule has 1 aromatic carbocycles. The first-order chi connectivity index (χ1) is 9.75. The summed E-state index contributed by atoms with van der Waals surface area (Å²) < 4.78 is 0. The second kappa shape index (κ2) is 7.52. The van der Waals surface area contributed by atoms with Crippen molar-refractivity contribution >= 4 is 30.1 Å². The van der Waals surface area contributed by atoms with Crippen molar-refractivity contribution in [1.29, 1.82) is 0 Å². The van der Waals surface area contributed by atoms with Crippen molar-refractivity contribution in [3.8, 4) is 0 Å². The van der Waals surface area contributed by atoms with Gasteiger partial charge in [0, 0.05) is 24.6 Å². The van der Waals surface area contributed by atoms with E-state index in [1.807, 2.05) is 11.8 Å². The third kappa shape index (κ3) is 3.74. The second-order valence-corrected chi connectivity index (χ2v) is 6.87. The Kier molecular flexibility index (Phi) is 5.97. The molecule has 2 fully saturated rings. The number of aryl methyl sites for hydroxylation is 1. The Hall–Kier alpha value is -0.710. The highest BCUT2D eigenvalue weighted by atomic mass is 35.5. The van der Waals surface area contributed by atoms with Crippen molar-refractivity contribution in [2.75, 3.05) is 31.1 Å². The normalized spacial score (nSPS) is 25.5. The topological polar surface area (TPSA) is 32.3 Å². The molecule has 0 saturated carbocycles. The van der Waals surface area contributed by atoms with E-state index in [1.165, 1.54) is 11.1 Å². The SMILES string of the molecule is Cc1ccc(C2CSCCN2C(=O)C2CCNC2)cc1.Cl. The van der Waals surface area contributed by atoms with Gasteiger partial charge in [-0.15, -0.1) is 12.4 Å². The van der Waals surface area contributed by atoms with Crippen molar-refractivity contribution in [3.05, 3.63) is 35.4 Å². The molecule has 3 nitrogen and oxygen atoms in total. The lowest BCUT2D eigenvalue weighted by atomic mass is 10.0. The molecular formula is C16H23ClN2OS. The van der Waals surface area contributed by atoms with E-state index in [4.69, 9.17) is 0 Å². The Balaban J connectivity index is 0.00000161. The fraction of sp³-hybridized carbons (Fsp3) is 0.562. The molecule has 2 aliphatic rings. The fourth-order valence-corrected chi connectivity index (χ4v) is 4.12. The summed E-state index contributed by atoms with van der Waals surface area (Å²) in [5, 5.41) is 3.30. The summed E-state index contributed by atoms with van der Waals surface area (Å²) in [6.07, 6.45) is 0.989. The number of hydrogen-bond donors (Lipinski definition) is 1. The zero-order valence-electron chi connectivity index (χ0n) is 12.4. The quantitative estimate of drug-likeness (QED) is 0.907. The third-order valence-corrected chi connectivity index (χ3v) is 5.31. The number of thioether (sulfide) groups is 1. The third-order valence-electron chi connectivity index (χ3n) is 4.28. The zero-order chi connectivity index (χ0) is 13.9.